The predicted molar refractivity (Wildman–Crippen MR) is 58.8 cm³/mol. The number of hydrogen-bond donors (Lipinski definition) is 1. The summed E-state index contributed by atoms with van der Waals surface area (Å²) in [5, 5.41) is 21.1. The van der Waals surface area contributed by atoms with E-state index < -0.39 is 17.0 Å². The molecule has 2 rings (SSSR count). The van der Waals surface area contributed by atoms with Crippen LogP contribution in [0.1, 0.15) is 46.5 Å². The van der Waals surface area contributed by atoms with E-state index in [2.05, 4.69) is 0 Å². The number of aliphatic hydroxyl groups is 1. The topological polar surface area (TPSA) is 77.4 Å². The van der Waals surface area contributed by atoms with Gasteiger partial charge in [0.1, 0.15) is 5.60 Å². The maximum atomic E-state index is 12.4. The quantitative estimate of drug-likeness (QED) is 0.767. The summed E-state index contributed by atoms with van der Waals surface area (Å²) >= 11 is 0. The van der Waals surface area contributed by atoms with Gasteiger partial charge in [0.2, 0.25) is 0 Å². The molecule has 0 aliphatic heterocycles. The van der Waals surface area contributed by atoms with Crippen molar-refractivity contribution in [1.29, 1.82) is 0 Å². The SMILES string of the molecule is CC1(C)[C@@H]2CC[C@@]1(C)C(=O)[C@]2(O)CCC(=O)[O-]. The molecule has 0 aromatic carbocycles. The van der Waals surface area contributed by atoms with Crippen molar-refractivity contribution in [2.24, 2.45) is 16.7 Å². The molecule has 96 valence electrons. The van der Waals surface area contributed by atoms with Crippen molar-refractivity contribution >= 4 is 11.8 Å². The molecule has 2 bridgehead atoms. The highest BCUT2D eigenvalue weighted by Crippen LogP contribution is 2.67. The number of carbonyl (C=O) groups excluding carboxylic acids is 2. The molecule has 0 saturated heterocycles. The summed E-state index contributed by atoms with van der Waals surface area (Å²) in [6.45, 7) is 5.89. The van der Waals surface area contributed by atoms with Crippen molar-refractivity contribution < 1.29 is 19.8 Å². The number of carboxylic acid groups (broad SMARTS) is 1. The third kappa shape index (κ3) is 1.33. The summed E-state index contributed by atoms with van der Waals surface area (Å²) in [5.74, 6) is -1.52. The zero-order chi connectivity index (χ0) is 13.1. The number of ketones is 1. The Bertz CT molecular complexity index is 387. The standard InChI is InChI=1S/C13H20O4/c1-11(2)8-4-6-12(11,3)10(16)13(8,17)7-5-9(14)15/h8,17H,4-7H2,1-3H3,(H,14,15)/p-1/t8-,12-,13-/m0/s1. The Balaban J connectivity index is 2.33. The number of hydrogen-bond acceptors (Lipinski definition) is 4. The molecule has 0 aromatic heterocycles. The van der Waals surface area contributed by atoms with Crippen LogP contribution in [0.5, 0.6) is 0 Å². The van der Waals surface area contributed by atoms with Gasteiger partial charge in [-0.3, -0.25) is 4.79 Å². The molecule has 1 N–H and O–H groups in total. The highest BCUT2D eigenvalue weighted by Gasteiger charge is 2.72. The third-order valence-corrected chi connectivity index (χ3v) is 5.41. The lowest BCUT2D eigenvalue weighted by Crippen LogP contribution is -2.47. The van der Waals surface area contributed by atoms with Gasteiger partial charge in [-0.25, -0.2) is 0 Å². The van der Waals surface area contributed by atoms with Crippen molar-refractivity contribution in [2.45, 2.75) is 52.1 Å². The summed E-state index contributed by atoms with van der Waals surface area (Å²) in [4.78, 5) is 22.9. The normalized spacial score (nSPS) is 43.1. The van der Waals surface area contributed by atoms with E-state index >= 15 is 0 Å². The van der Waals surface area contributed by atoms with Crippen LogP contribution in [-0.2, 0) is 9.59 Å². The zero-order valence-corrected chi connectivity index (χ0v) is 10.6. The van der Waals surface area contributed by atoms with Crippen LogP contribution in [0.15, 0.2) is 0 Å². The van der Waals surface area contributed by atoms with E-state index in [1.165, 1.54) is 0 Å². The largest absolute Gasteiger partial charge is 0.550 e. The summed E-state index contributed by atoms with van der Waals surface area (Å²) in [6, 6.07) is 0. The summed E-state index contributed by atoms with van der Waals surface area (Å²) < 4.78 is 0. The van der Waals surface area contributed by atoms with Crippen molar-refractivity contribution in [1.82, 2.24) is 0 Å². The average molecular weight is 239 g/mol. The highest BCUT2D eigenvalue weighted by molar-refractivity contribution is 5.97. The Kier molecular flexibility index (Phi) is 2.45. The first-order valence-electron chi connectivity index (χ1n) is 6.13. The number of rotatable bonds is 3. The summed E-state index contributed by atoms with van der Waals surface area (Å²) in [7, 11) is 0. The van der Waals surface area contributed by atoms with Gasteiger partial charge >= 0.3 is 0 Å². The lowest BCUT2D eigenvalue weighted by atomic mass is 9.70. The van der Waals surface area contributed by atoms with Crippen LogP contribution in [0.25, 0.3) is 0 Å². The van der Waals surface area contributed by atoms with E-state index in [1.807, 2.05) is 20.8 Å². The average Bonchev–Trinajstić information content (AvgIpc) is 2.51. The Morgan fingerprint density at radius 2 is 2.06 bits per heavy atom. The van der Waals surface area contributed by atoms with Gasteiger partial charge in [0, 0.05) is 17.3 Å². The maximum Gasteiger partial charge on any atom is 0.171 e. The van der Waals surface area contributed by atoms with Crippen LogP contribution in [0, 0.1) is 16.7 Å². The van der Waals surface area contributed by atoms with Crippen LogP contribution in [0.3, 0.4) is 0 Å². The molecule has 0 aromatic rings. The van der Waals surface area contributed by atoms with E-state index in [1.54, 1.807) is 0 Å². The molecule has 2 fully saturated rings. The minimum Gasteiger partial charge on any atom is -0.550 e. The van der Waals surface area contributed by atoms with Gasteiger partial charge in [-0.1, -0.05) is 20.8 Å². The molecule has 3 atom stereocenters. The summed E-state index contributed by atoms with van der Waals surface area (Å²) in [5.41, 5.74) is -2.24. The first-order valence-corrected chi connectivity index (χ1v) is 6.13. The molecule has 2 aliphatic carbocycles. The molecular formula is C13H19O4-. The number of carbonyl (C=O) groups is 2. The Morgan fingerprint density at radius 1 is 1.47 bits per heavy atom. The second kappa shape index (κ2) is 3.31. The fourth-order valence-corrected chi connectivity index (χ4v) is 3.96. The molecule has 4 nitrogen and oxygen atoms in total. The van der Waals surface area contributed by atoms with Crippen molar-refractivity contribution in [3.8, 4) is 0 Å². The van der Waals surface area contributed by atoms with E-state index in [9.17, 15) is 19.8 Å². The van der Waals surface area contributed by atoms with Gasteiger partial charge in [-0.05, 0) is 31.1 Å². The Morgan fingerprint density at radius 3 is 2.47 bits per heavy atom. The van der Waals surface area contributed by atoms with E-state index in [4.69, 9.17) is 0 Å². The maximum absolute atomic E-state index is 12.4. The number of fused-ring (bicyclic) bond motifs is 2. The highest BCUT2D eigenvalue weighted by atomic mass is 16.4. The van der Waals surface area contributed by atoms with Crippen molar-refractivity contribution in [2.75, 3.05) is 0 Å². The number of Topliss-reactive ketones (excluding diaryl/α,β-unsaturated/α-hetero) is 1. The molecule has 2 aliphatic rings. The first-order chi connectivity index (χ1) is 7.66. The lowest BCUT2D eigenvalue weighted by molar-refractivity contribution is -0.306. The minimum absolute atomic E-state index is 0.0160. The van der Waals surface area contributed by atoms with Crippen LogP contribution >= 0.6 is 0 Å². The Labute approximate surface area is 101 Å². The van der Waals surface area contributed by atoms with Gasteiger partial charge in [-0.2, -0.15) is 0 Å². The van der Waals surface area contributed by atoms with Crippen LogP contribution in [0.4, 0.5) is 0 Å². The number of aliphatic carboxylic acids is 1. The molecule has 4 heteroatoms. The molecule has 0 amide bonds. The van der Waals surface area contributed by atoms with Crippen molar-refractivity contribution in [3.05, 3.63) is 0 Å². The molecule has 0 unspecified atom stereocenters. The van der Waals surface area contributed by atoms with Gasteiger partial charge in [0.25, 0.3) is 0 Å². The third-order valence-electron chi connectivity index (χ3n) is 5.41. The van der Waals surface area contributed by atoms with Gasteiger partial charge < -0.3 is 15.0 Å². The first kappa shape index (κ1) is 12.6. The predicted octanol–water partition coefficient (Wildman–Crippen LogP) is 0.273. The van der Waals surface area contributed by atoms with E-state index in [0.717, 1.165) is 12.8 Å². The van der Waals surface area contributed by atoms with Crippen LogP contribution in [0.2, 0.25) is 0 Å². The second-order valence-electron chi connectivity index (χ2n) is 6.27. The Hall–Kier alpha value is -0.900. The monoisotopic (exact) mass is 239 g/mol. The van der Waals surface area contributed by atoms with Crippen molar-refractivity contribution in [3.63, 3.8) is 0 Å². The second-order valence-corrected chi connectivity index (χ2v) is 6.27. The number of carboxylic acids is 1. The van der Waals surface area contributed by atoms with E-state index in [0.29, 0.717) is 0 Å². The molecule has 2 saturated carbocycles. The van der Waals surface area contributed by atoms with E-state index in [-0.39, 0.29) is 30.0 Å². The molecule has 0 spiro atoms. The molecule has 0 heterocycles. The zero-order valence-electron chi connectivity index (χ0n) is 10.6. The smallest absolute Gasteiger partial charge is 0.171 e. The van der Waals surface area contributed by atoms with Crippen LogP contribution < -0.4 is 5.11 Å². The molecular weight excluding hydrogens is 220 g/mol. The lowest BCUT2D eigenvalue weighted by Gasteiger charge is -2.33. The molecule has 17 heavy (non-hydrogen) atoms. The summed E-state index contributed by atoms with van der Waals surface area (Å²) in [6.07, 6.45) is 1.30. The minimum atomic E-state index is -1.46. The van der Waals surface area contributed by atoms with Gasteiger partial charge in [0.15, 0.2) is 5.78 Å². The fraction of sp³-hybridized carbons (Fsp3) is 0.846. The van der Waals surface area contributed by atoms with Gasteiger partial charge in [0.05, 0.1) is 0 Å². The van der Waals surface area contributed by atoms with Gasteiger partial charge in [-0.15, -0.1) is 0 Å². The fourth-order valence-electron chi connectivity index (χ4n) is 3.96. The van der Waals surface area contributed by atoms with Crippen LogP contribution in [-0.4, -0.2) is 22.5 Å². The molecule has 0 radical (unpaired) electrons.